The lowest BCUT2D eigenvalue weighted by atomic mass is 10.3. The highest BCUT2D eigenvalue weighted by molar-refractivity contribution is 9.10. The van der Waals surface area contributed by atoms with Crippen LogP contribution < -0.4 is 9.46 Å². The third kappa shape index (κ3) is 4.12. The fourth-order valence-electron chi connectivity index (χ4n) is 1.65. The van der Waals surface area contributed by atoms with Crippen molar-refractivity contribution in [2.45, 2.75) is 11.8 Å². The van der Waals surface area contributed by atoms with Gasteiger partial charge >= 0.3 is 0 Å². The van der Waals surface area contributed by atoms with Crippen molar-refractivity contribution in [2.24, 2.45) is 0 Å². The van der Waals surface area contributed by atoms with E-state index in [9.17, 15) is 8.42 Å². The number of benzene rings is 2. The van der Waals surface area contributed by atoms with E-state index in [1.807, 2.05) is 6.92 Å². The molecule has 0 radical (unpaired) electrons. The number of sulfonamides is 1. The second kappa shape index (κ2) is 6.68. The Morgan fingerprint density at radius 3 is 2.43 bits per heavy atom. The van der Waals surface area contributed by atoms with E-state index in [1.165, 1.54) is 12.1 Å². The topological polar surface area (TPSA) is 55.4 Å². The van der Waals surface area contributed by atoms with Gasteiger partial charge in [0.25, 0.3) is 10.0 Å². The maximum absolute atomic E-state index is 12.3. The first-order valence-corrected chi connectivity index (χ1v) is 8.78. The van der Waals surface area contributed by atoms with E-state index in [-0.39, 0.29) is 9.92 Å². The van der Waals surface area contributed by atoms with Crippen molar-refractivity contribution in [3.05, 3.63) is 52.0 Å². The molecule has 0 heterocycles. The molecule has 0 saturated carbocycles. The SMILES string of the molecule is CCOc1ccc(S(=O)(=O)Nc2ccc(Br)cc2)cc1Cl. The van der Waals surface area contributed by atoms with Crippen LogP contribution in [0.1, 0.15) is 6.92 Å². The molecular weight excluding hydrogens is 378 g/mol. The molecule has 7 heteroatoms. The molecule has 0 unspecified atom stereocenters. The minimum Gasteiger partial charge on any atom is -0.492 e. The zero-order chi connectivity index (χ0) is 15.5. The fourth-order valence-corrected chi connectivity index (χ4v) is 3.30. The van der Waals surface area contributed by atoms with Gasteiger partial charge in [0.05, 0.1) is 16.5 Å². The van der Waals surface area contributed by atoms with Gasteiger partial charge in [-0.05, 0) is 49.4 Å². The monoisotopic (exact) mass is 389 g/mol. The highest BCUT2D eigenvalue weighted by Gasteiger charge is 2.16. The summed E-state index contributed by atoms with van der Waals surface area (Å²) in [4.78, 5) is 0.0823. The molecule has 0 aromatic heterocycles. The van der Waals surface area contributed by atoms with Crippen molar-refractivity contribution in [1.82, 2.24) is 0 Å². The van der Waals surface area contributed by atoms with Crippen LogP contribution in [0.4, 0.5) is 5.69 Å². The van der Waals surface area contributed by atoms with Crippen LogP contribution in [-0.2, 0) is 10.0 Å². The van der Waals surface area contributed by atoms with Crippen LogP contribution in [0.5, 0.6) is 5.75 Å². The summed E-state index contributed by atoms with van der Waals surface area (Å²) in [6.45, 7) is 2.29. The number of rotatable bonds is 5. The zero-order valence-electron chi connectivity index (χ0n) is 11.1. The van der Waals surface area contributed by atoms with Gasteiger partial charge in [-0.2, -0.15) is 0 Å². The Kier molecular flexibility index (Phi) is 5.13. The summed E-state index contributed by atoms with van der Waals surface area (Å²) in [7, 11) is -3.69. The van der Waals surface area contributed by atoms with E-state index >= 15 is 0 Å². The quantitative estimate of drug-likeness (QED) is 0.828. The van der Waals surface area contributed by atoms with Crippen LogP contribution in [0.2, 0.25) is 5.02 Å². The molecule has 0 spiro atoms. The number of hydrogen-bond donors (Lipinski definition) is 1. The summed E-state index contributed by atoms with van der Waals surface area (Å²) in [5.74, 6) is 0.460. The van der Waals surface area contributed by atoms with Crippen LogP contribution in [0, 0.1) is 0 Å². The molecule has 2 aromatic rings. The second-order valence-corrected chi connectivity index (χ2v) is 7.14. The first-order valence-electron chi connectivity index (χ1n) is 6.13. The number of ether oxygens (including phenoxy) is 1. The molecule has 0 atom stereocenters. The summed E-state index contributed by atoms with van der Waals surface area (Å²) < 4.78 is 33.2. The first kappa shape index (κ1) is 16.1. The predicted octanol–water partition coefficient (Wildman–Crippen LogP) is 4.30. The fraction of sp³-hybridized carbons (Fsp3) is 0.143. The van der Waals surface area contributed by atoms with E-state index in [4.69, 9.17) is 16.3 Å². The molecule has 0 saturated heterocycles. The van der Waals surface area contributed by atoms with Crippen LogP contribution in [0.15, 0.2) is 51.8 Å². The third-order valence-corrected chi connectivity index (χ3v) is 4.81. The summed E-state index contributed by atoms with van der Waals surface area (Å²) >= 11 is 9.31. The highest BCUT2D eigenvalue weighted by atomic mass is 79.9. The Bertz CT molecular complexity index is 732. The minimum atomic E-state index is -3.69. The van der Waals surface area contributed by atoms with Crippen LogP contribution in [0.3, 0.4) is 0 Å². The Morgan fingerprint density at radius 2 is 1.86 bits per heavy atom. The van der Waals surface area contributed by atoms with Gasteiger partial charge in [-0.25, -0.2) is 8.42 Å². The first-order chi connectivity index (χ1) is 9.92. The van der Waals surface area contributed by atoms with Gasteiger partial charge in [0, 0.05) is 10.2 Å². The van der Waals surface area contributed by atoms with E-state index in [0.717, 1.165) is 4.47 Å². The highest BCUT2D eigenvalue weighted by Crippen LogP contribution is 2.28. The molecule has 0 bridgehead atoms. The van der Waals surface area contributed by atoms with Crippen LogP contribution in [0.25, 0.3) is 0 Å². The molecule has 0 amide bonds. The molecule has 0 aliphatic rings. The second-order valence-electron chi connectivity index (χ2n) is 4.14. The summed E-state index contributed by atoms with van der Waals surface area (Å²) in [5.41, 5.74) is 0.475. The van der Waals surface area contributed by atoms with Gasteiger partial charge in [0.1, 0.15) is 5.75 Å². The van der Waals surface area contributed by atoms with Gasteiger partial charge < -0.3 is 4.74 Å². The number of nitrogens with one attached hydrogen (secondary N) is 1. The van der Waals surface area contributed by atoms with E-state index in [2.05, 4.69) is 20.7 Å². The van der Waals surface area contributed by atoms with Crippen molar-refractivity contribution in [1.29, 1.82) is 0 Å². The van der Waals surface area contributed by atoms with Crippen LogP contribution in [-0.4, -0.2) is 15.0 Å². The summed E-state index contributed by atoms with van der Waals surface area (Å²) in [6, 6.07) is 11.2. The Hall–Kier alpha value is -1.24. The normalized spacial score (nSPS) is 11.2. The molecule has 2 aromatic carbocycles. The number of anilines is 1. The Morgan fingerprint density at radius 1 is 1.19 bits per heavy atom. The zero-order valence-corrected chi connectivity index (χ0v) is 14.3. The lowest BCUT2D eigenvalue weighted by Gasteiger charge is -2.10. The lowest BCUT2D eigenvalue weighted by molar-refractivity contribution is 0.340. The van der Waals surface area contributed by atoms with Crippen molar-refractivity contribution in [2.75, 3.05) is 11.3 Å². The van der Waals surface area contributed by atoms with Crippen molar-refractivity contribution in [3.63, 3.8) is 0 Å². The smallest absolute Gasteiger partial charge is 0.261 e. The van der Waals surface area contributed by atoms with Gasteiger partial charge in [-0.1, -0.05) is 27.5 Å². The molecule has 0 aliphatic carbocycles. The number of halogens is 2. The van der Waals surface area contributed by atoms with Crippen molar-refractivity contribution >= 4 is 43.2 Å². The van der Waals surface area contributed by atoms with E-state index in [1.54, 1.807) is 30.3 Å². The van der Waals surface area contributed by atoms with E-state index in [0.29, 0.717) is 18.0 Å². The standard InChI is InChI=1S/C14H13BrClNO3S/c1-2-20-14-8-7-12(9-13(14)16)21(18,19)17-11-5-3-10(15)4-6-11/h3-9,17H,2H2,1H3. The molecule has 0 fully saturated rings. The lowest BCUT2D eigenvalue weighted by Crippen LogP contribution is -2.13. The molecule has 0 aliphatic heterocycles. The maximum atomic E-state index is 12.3. The maximum Gasteiger partial charge on any atom is 0.261 e. The Balaban J connectivity index is 2.27. The Labute approximate surface area is 137 Å². The van der Waals surface area contributed by atoms with Crippen molar-refractivity contribution in [3.8, 4) is 5.75 Å². The predicted molar refractivity (Wildman–Crippen MR) is 87.6 cm³/mol. The van der Waals surface area contributed by atoms with Gasteiger partial charge in [0.2, 0.25) is 0 Å². The summed E-state index contributed by atoms with van der Waals surface area (Å²) in [6.07, 6.45) is 0. The largest absolute Gasteiger partial charge is 0.492 e. The number of hydrogen-bond acceptors (Lipinski definition) is 3. The average Bonchev–Trinajstić information content (AvgIpc) is 2.43. The van der Waals surface area contributed by atoms with Gasteiger partial charge in [-0.15, -0.1) is 0 Å². The van der Waals surface area contributed by atoms with E-state index < -0.39 is 10.0 Å². The average molecular weight is 391 g/mol. The minimum absolute atomic E-state index is 0.0823. The summed E-state index contributed by atoms with van der Waals surface area (Å²) in [5, 5.41) is 0.260. The van der Waals surface area contributed by atoms with Gasteiger partial charge in [0.15, 0.2) is 0 Å². The molecule has 4 nitrogen and oxygen atoms in total. The van der Waals surface area contributed by atoms with Crippen LogP contribution >= 0.6 is 27.5 Å². The molecule has 1 N–H and O–H groups in total. The van der Waals surface area contributed by atoms with Gasteiger partial charge in [-0.3, -0.25) is 4.72 Å². The molecule has 112 valence electrons. The molecule has 2 rings (SSSR count). The molecule has 21 heavy (non-hydrogen) atoms. The van der Waals surface area contributed by atoms with Crippen molar-refractivity contribution < 1.29 is 13.2 Å². The molecular formula is C14H13BrClNO3S. The third-order valence-electron chi connectivity index (χ3n) is 2.61.